The fourth-order valence-corrected chi connectivity index (χ4v) is 2.48. The van der Waals surface area contributed by atoms with Crippen LogP contribution < -0.4 is 16.0 Å². The summed E-state index contributed by atoms with van der Waals surface area (Å²) in [6, 6.07) is 14.2. The number of hydrogen-bond donors (Lipinski definition) is 3. The van der Waals surface area contributed by atoms with Crippen molar-refractivity contribution < 1.29 is 0 Å². The van der Waals surface area contributed by atoms with Crippen LogP contribution in [0.2, 0.25) is 0 Å². The number of hydrogen-bond acceptors (Lipinski definition) is 7. The fraction of sp³-hybridized carbons (Fsp3) is 0.300. The van der Waals surface area contributed by atoms with Crippen LogP contribution in [-0.2, 0) is 0 Å². The average Bonchev–Trinajstić information content (AvgIpc) is 2.61. The van der Waals surface area contributed by atoms with E-state index in [4.69, 9.17) is 0 Å². The first-order valence-electron chi connectivity index (χ1n) is 9.07. The third kappa shape index (κ3) is 5.37. The van der Waals surface area contributed by atoms with Crippen molar-refractivity contribution in [3.05, 3.63) is 48.7 Å². The third-order valence-corrected chi connectivity index (χ3v) is 3.54. The molecule has 0 saturated heterocycles. The van der Waals surface area contributed by atoms with Gasteiger partial charge in [0.2, 0.25) is 11.9 Å². The summed E-state index contributed by atoms with van der Waals surface area (Å²) in [6.07, 6.45) is 1.75. The molecule has 140 valence electrons. The third-order valence-electron chi connectivity index (χ3n) is 3.54. The first-order chi connectivity index (χ1) is 13.0. The molecule has 0 aliphatic carbocycles. The van der Waals surface area contributed by atoms with Crippen molar-refractivity contribution >= 4 is 23.4 Å². The minimum absolute atomic E-state index is 0.214. The lowest BCUT2D eigenvalue weighted by molar-refractivity contribution is 0.869. The zero-order valence-corrected chi connectivity index (χ0v) is 16.1. The number of nitrogens with one attached hydrogen (secondary N) is 3. The highest BCUT2D eigenvalue weighted by atomic mass is 15.2. The summed E-state index contributed by atoms with van der Waals surface area (Å²) in [5, 5.41) is 9.80. The number of rotatable bonds is 7. The van der Waals surface area contributed by atoms with Crippen LogP contribution in [0.15, 0.2) is 48.7 Å². The molecule has 0 atom stereocenters. The summed E-state index contributed by atoms with van der Waals surface area (Å²) < 4.78 is 0. The van der Waals surface area contributed by atoms with Gasteiger partial charge in [0.05, 0.1) is 0 Å². The van der Waals surface area contributed by atoms with Crippen LogP contribution in [0.4, 0.5) is 23.4 Å². The van der Waals surface area contributed by atoms with Gasteiger partial charge in [-0.3, -0.25) is 0 Å². The van der Waals surface area contributed by atoms with Crippen molar-refractivity contribution in [2.75, 3.05) is 16.0 Å². The standard InChI is InChI=1S/C20H25N7/c1-13(2)22-17-12-16(10-11-21-17)24-20-26-18(15-8-6-5-7-9-15)25-19(27-20)23-14(3)4/h5-14H,1-4H3,(H3,21,22,23,24,25,26,27). The smallest absolute Gasteiger partial charge is 0.232 e. The highest BCUT2D eigenvalue weighted by Gasteiger charge is 2.10. The van der Waals surface area contributed by atoms with Crippen LogP contribution in [0.1, 0.15) is 27.7 Å². The van der Waals surface area contributed by atoms with Crippen LogP contribution in [0, 0.1) is 0 Å². The molecule has 3 rings (SSSR count). The highest BCUT2D eigenvalue weighted by molar-refractivity contribution is 5.62. The number of pyridine rings is 1. The van der Waals surface area contributed by atoms with Crippen LogP contribution in [-0.4, -0.2) is 32.0 Å². The Hall–Kier alpha value is -3.22. The molecule has 2 heterocycles. The molecule has 27 heavy (non-hydrogen) atoms. The van der Waals surface area contributed by atoms with E-state index in [-0.39, 0.29) is 6.04 Å². The Morgan fingerprint density at radius 3 is 2.19 bits per heavy atom. The highest BCUT2D eigenvalue weighted by Crippen LogP contribution is 2.21. The molecule has 1 aromatic carbocycles. The van der Waals surface area contributed by atoms with Gasteiger partial charge < -0.3 is 16.0 Å². The molecule has 0 bridgehead atoms. The quantitative estimate of drug-likeness (QED) is 0.576. The second-order valence-electron chi connectivity index (χ2n) is 6.83. The molecule has 0 fully saturated rings. The van der Waals surface area contributed by atoms with Gasteiger partial charge in [0.15, 0.2) is 5.82 Å². The van der Waals surface area contributed by atoms with E-state index in [9.17, 15) is 0 Å². The predicted molar refractivity (Wildman–Crippen MR) is 110 cm³/mol. The number of benzene rings is 1. The first kappa shape index (κ1) is 18.6. The molecule has 3 N–H and O–H groups in total. The van der Waals surface area contributed by atoms with Gasteiger partial charge >= 0.3 is 0 Å². The zero-order valence-electron chi connectivity index (χ0n) is 16.1. The van der Waals surface area contributed by atoms with E-state index >= 15 is 0 Å². The van der Waals surface area contributed by atoms with Gasteiger partial charge in [-0.1, -0.05) is 30.3 Å². The minimum atomic E-state index is 0.214. The SMILES string of the molecule is CC(C)Nc1cc(Nc2nc(NC(C)C)nc(-c3ccccc3)n2)ccn1. The second kappa shape index (κ2) is 8.44. The van der Waals surface area contributed by atoms with Crippen LogP contribution in [0.25, 0.3) is 11.4 Å². The largest absolute Gasteiger partial charge is 0.368 e. The molecular formula is C20H25N7. The predicted octanol–water partition coefficient (Wildman–Crippen LogP) is 4.32. The monoisotopic (exact) mass is 363 g/mol. The summed E-state index contributed by atoms with van der Waals surface area (Å²) in [5.41, 5.74) is 1.79. The first-order valence-corrected chi connectivity index (χ1v) is 9.07. The van der Waals surface area contributed by atoms with Crippen molar-refractivity contribution in [3.63, 3.8) is 0 Å². The summed E-state index contributed by atoms with van der Waals surface area (Å²) in [7, 11) is 0. The fourth-order valence-electron chi connectivity index (χ4n) is 2.48. The van der Waals surface area contributed by atoms with Gasteiger partial charge in [-0.2, -0.15) is 15.0 Å². The lowest BCUT2D eigenvalue weighted by Gasteiger charge is -2.13. The van der Waals surface area contributed by atoms with E-state index in [0.29, 0.717) is 23.8 Å². The molecule has 7 heteroatoms. The van der Waals surface area contributed by atoms with E-state index in [0.717, 1.165) is 17.1 Å². The van der Waals surface area contributed by atoms with Gasteiger partial charge in [0.1, 0.15) is 5.82 Å². The van der Waals surface area contributed by atoms with Gasteiger partial charge in [-0.15, -0.1) is 0 Å². The molecule has 0 unspecified atom stereocenters. The van der Waals surface area contributed by atoms with E-state index in [1.165, 1.54) is 0 Å². The molecule has 0 spiro atoms. The number of anilines is 4. The zero-order chi connectivity index (χ0) is 19.2. The Morgan fingerprint density at radius 1 is 0.778 bits per heavy atom. The maximum absolute atomic E-state index is 4.58. The molecule has 7 nitrogen and oxygen atoms in total. The summed E-state index contributed by atoms with van der Waals surface area (Å²) in [4.78, 5) is 18.0. The maximum Gasteiger partial charge on any atom is 0.232 e. The lowest BCUT2D eigenvalue weighted by atomic mass is 10.2. The molecule has 0 aliphatic rings. The summed E-state index contributed by atoms with van der Waals surface area (Å²) in [6.45, 7) is 8.24. The van der Waals surface area contributed by atoms with E-state index in [1.54, 1.807) is 6.20 Å². The van der Waals surface area contributed by atoms with Crippen molar-refractivity contribution in [2.24, 2.45) is 0 Å². The van der Waals surface area contributed by atoms with E-state index in [1.807, 2.05) is 56.3 Å². The van der Waals surface area contributed by atoms with Gasteiger partial charge in [0.25, 0.3) is 0 Å². The Balaban J connectivity index is 1.92. The molecular weight excluding hydrogens is 338 g/mol. The molecule has 0 radical (unpaired) electrons. The van der Waals surface area contributed by atoms with Gasteiger partial charge in [-0.05, 0) is 33.8 Å². The van der Waals surface area contributed by atoms with Crippen molar-refractivity contribution in [3.8, 4) is 11.4 Å². The molecule has 2 aromatic heterocycles. The molecule has 0 saturated carbocycles. The van der Waals surface area contributed by atoms with Gasteiger partial charge in [0, 0.05) is 35.6 Å². The Kier molecular flexibility index (Phi) is 5.80. The summed E-state index contributed by atoms with van der Waals surface area (Å²) >= 11 is 0. The Morgan fingerprint density at radius 2 is 1.48 bits per heavy atom. The Bertz CT molecular complexity index is 879. The van der Waals surface area contributed by atoms with Crippen molar-refractivity contribution in [2.45, 2.75) is 39.8 Å². The van der Waals surface area contributed by atoms with Crippen molar-refractivity contribution in [1.82, 2.24) is 19.9 Å². The number of nitrogens with zero attached hydrogens (tertiary/aromatic N) is 4. The topological polar surface area (TPSA) is 87.7 Å². The van der Waals surface area contributed by atoms with Crippen LogP contribution >= 0.6 is 0 Å². The second-order valence-corrected chi connectivity index (χ2v) is 6.83. The maximum atomic E-state index is 4.58. The van der Waals surface area contributed by atoms with Crippen molar-refractivity contribution in [1.29, 1.82) is 0 Å². The lowest BCUT2D eigenvalue weighted by Crippen LogP contribution is -2.14. The van der Waals surface area contributed by atoms with E-state index < -0.39 is 0 Å². The van der Waals surface area contributed by atoms with Crippen LogP contribution in [0.5, 0.6) is 0 Å². The normalized spacial score (nSPS) is 10.9. The number of aromatic nitrogens is 4. The average molecular weight is 363 g/mol. The van der Waals surface area contributed by atoms with Gasteiger partial charge in [-0.25, -0.2) is 4.98 Å². The van der Waals surface area contributed by atoms with Crippen LogP contribution in [0.3, 0.4) is 0 Å². The minimum Gasteiger partial charge on any atom is -0.368 e. The molecule has 0 aliphatic heterocycles. The molecule has 0 amide bonds. The molecule has 3 aromatic rings. The van der Waals surface area contributed by atoms with E-state index in [2.05, 4.69) is 49.7 Å². The summed E-state index contributed by atoms with van der Waals surface area (Å²) in [5.74, 6) is 2.43. The Labute approximate surface area is 159 Å².